The molecule has 2 nitrogen and oxygen atoms in total. The summed E-state index contributed by atoms with van der Waals surface area (Å²) in [5.74, 6) is 0.0338. The van der Waals surface area contributed by atoms with Gasteiger partial charge < -0.3 is 5.32 Å². The van der Waals surface area contributed by atoms with Crippen molar-refractivity contribution in [1.29, 1.82) is 0 Å². The number of unbranched alkanes of at least 4 members (excludes halogenated alkanes) is 2. The van der Waals surface area contributed by atoms with Gasteiger partial charge in [0.25, 0.3) is 5.91 Å². The first-order valence-electron chi connectivity index (χ1n) is 6.21. The highest BCUT2D eigenvalue weighted by Gasteiger charge is 2.03. The molecule has 0 spiro atoms. The van der Waals surface area contributed by atoms with Crippen LogP contribution in [0.4, 0.5) is 0 Å². The van der Waals surface area contributed by atoms with Crippen LogP contribution in [0.1, 0.15) is 42.1 Å². The van der Waals surface area contributed by atoms with Crippen molar-refractivity contribution in [2.45, 2.75) is 32.6 Å². The number of halogens is 1. The number of aryl methyl sites for hydroxylation is 1. The third-order valence-corrected chi connectivity index (χ3v) is 3.28. The van der Waals surface area contributed by atoms with Gasteiger partial charge in [0.1, 0.15) is 0 Å². The summed E-state index contributed by atoms with van der Waals surface area (Å²) in [6, 6.07) is 7.82. The Kier molecular flexibility index (Phi) is 6.94. The smallest absolute Gasteiger partial charge is 0.251 e. The van der Waals surface area contributed by atoms with Crippen molar-refractivity contribution >= 4 is 21.8 Å². The largest absolute Gasteiger partial charge is 0.352 e. The van der Waals surface area contributed by atoms with E-state index in [4.69, 9.17) is 0 Å². The molecule has 0 radical (unpaired) electrons. The van der Waals surface area contributed by atoms with Gasteiger partial charge in [-0.3, -0.25) is 4.79 Å². The molecule has 0 aliphatic rings. The Balaban J connectivity index is 2.31. The van der Waals surface area contributed by atoms with Crippen LogP contribution in [0, 0.1) is 0 Å². The van der Waals surface area contributed by atoms with Crippen molar-refractivity contribution in [3.63, 3.8) is 0 Å². The zero-order valence-corrected chi connectivity index (χ0v) is 11.9. The molecule has 0 aliphatic carbocycles. The second-order valence-electron chi connectivity index (χ2n) is 4.06. The second kappa shape index (κ2) is 8.29. The van der Waals surface area contributed by atoms with Crippen molar-refractivity contribution < 1.29 is 4.79 Å². The molecular formula is C14H20BrNO. The predicted molar refractivity (Wildman–Crippen MR) is 75.8 cm³/mol. The Labute approximate surface area is 112 Å². The van der Waals surface area contributed by atoms with E-state index >= 15 is 0 Å². The molecule has 0 saturated heterocycles. The SMILES string of the molecule is CCc1ccc(C(=O)NCCCCCBr)cc1. The van der Waals surface area contributed by atoms with Gasteiger partial charge in [-0.1, -0.05) is 41.4 Å². The monoisotopic (exact) mass is 297 g/mol. The predicted octanol–water partition coefficient (Wildman–Crippen LogP) is 3.54. The van der Waals surface area contributed by atoms with Crippen LogP contribution < -0.4 is 5.32 Å². The molecule has 3 heteroatoms. The van der Waals surface area contributed by atoms with Crippen molar-refractivity contribution in [3.05, 3.63) is 35.4 Å². The van der Waals surface area contributed by atoms with Crippen LogP contribution in [-0.2, 0) is 6.42 Å². The van der Waals surface area contributed by atoms with Gasteiger partial charge in [-0.25, -0.2) is 0 Å². The fraction of sp³-hybridized carbons (Fsp3) is 0.500. The first-order chi connectivity index (χ1) is 8.27. The summed E-state index contributed by atoms with van der Waals surface area (Å²) in [6.07, 6.45) is 4.38. The Morgan fingerprint density at radius 3 is 2.47 bits per heavy atom. The molecule has 1 amide bonds. The quantitative estimate of drug-likeness (QED) is 0.605. The van der Waals surface area contributed by atoms with Gasteiger partial charge in [-0.15, -0.1) is 0 Å². The van der Waals surface area contributed by atoms with Crippen LogP contribution in [0.15, 0.2) is 24.3 Å². The van der Waals surface area contributed by atoms with Crippen LogP contribution in [-0.4, -0.2) is 17.8 Å². The molecule has 1 N–H and O–H groups in total. The molecule has 1 rings (SSSR count). The maximum atomic E-state index is 11.8. The van der Waals surface area contributed by atoms with Gasteiger partial charge in [0.05, 0.1) is 0 Å². The molecule has 0 aromatic heterocycles. The van der Waals surface area contributed by atoms with Crippen molar-refractivity contribution in [1.82, 2.24) is 5.32 Å². The van der Waals surface area contributed by atoms with E-state index in [0.717, 1.165) is 36.7 Å². The van der Waals surface area contributed by atoms with Gasteiger partial charge in [0.2, 0.25) is 0 Å². The van der Waals surface area contributed by atoms with Crippen molar-refractivity contribution in [3.8, 4) is 0 Å². The minimum absolute atomic E-state index is 0.0338. The van der Waals surface area contributed by atoms with Crippen molar-refractivity contribution in [2.24, 2.45) is 0 Å². The molecule has 1 aromatic rings. The molecule has 1 aromatic carbocycles. The molecule has 0 bridgehead atoms. The number of carbonyl (C=O) groups excluding carboxylic acids is 1. The second-order valence-corrected chi connectivity index (χ2v) is 4.85. The number of hydrogen-bond acceptors (Lipinski definition) is 1. The maximum Gasteiger partial charge on any atom is 0.251 e. The van der Waals surface area contributed by atoms with Gasteiger partial charge in [0.15, 0.2) is 0 Å². The average Bonchev–Trinajstić information content (AvgIpc) is 2.38. The number of hydrogen-bond donors (Lipinski definition) is 1. The van der Waals surface area contributed by atoms with Gasteiger partial charge in [0, 0.05) is 17.4 Å². The lowest BCUT2D eigenvalue weighted by Gasteiger charge is -2.05. The highest BCUT2D eigenvalue weighted by molar-refractivity contribution is 9.09. The lowest BCUT2D eigenvalue weighted by molar-refractivity contribution is 0.0953. The lowest BCUT2D eigenvalue weighted by atomic mass is 10.1. The molecule has 0 fully saturated rings. The molecule has 0 saturated carbocycles. The van der Waals surface area contributed by atoms with Crippen LogP contribution in [0.5, 0.6) is 0 Å². The Hall–Kier alpha value is -0.830. The molecular weight excluding hydrogens is 278 g/mol. The number of benzene rings is 1. The van der Waals surface area contributed by atoms with E-state index in [2.05, 4.69) is 28.2 Å². The van der Waals surface area contributed by atoms with Gasteiger partial charge >= 0.3 is 0 Å². The van der Waals surface area contributed by atoms with E-state index in [0.29, 0.717) is 0 Å². The third kappa shape index (κ3) is 5.35. The van der Waals surface area contributed by atoms with Crippen LogP contribution in [0.2, 0.25) is 0 Å². The van der Waals surface area contributed by atoms with Crippen LogP contribution in [0.3, 0.4) is 0 Å². The fourth-order valence-corrected chi connectivity index (χ4v) is 1.99. The number of alkyl halides is 1. The summed E-state index contributed by atoms with van der Waals surface area (Å²) in [6.45, 7) is 2.88. The van der Waals surface area contributed by atoms with E-state index in [1.165, 1.54) is 12.0 Å². The third-order valence-electron chi connectivity index (χ3n) is 2.72. The molecule has 0 unspecified atom stereocenters. The van der Waals surface area contributed by atoms with Crippen molar-refractivity contribution in [2.75, 3.05) is 11.9 Å². The zero-order chi connectivity index (χ0) is 12.5. The summed E-state index contributed by atoms with van der Waals surface area (Å²) >= 11 is 3.39. The van der Waals surface area contributed by atoms with E-state index in [1.54, 1.807) is 0 Å². The topological polar surface area (TPSA) is 29.1 Å². The van der Waals surface area contributed by atoms with E-state index in [-0.39, 0.29) is 5.91 Å². The van der Waals surface area contributed by atoms with E-state index < -0.39 is 0 Å². The van der Waals surface area contributed by atoms with Crippen LogP contribution in [0.25, 0.3) is 0 Å². The highest BCUT2D eigenvalue weighted by Crippen LogP contribution is 2.05. The lowest BCUT2D eigenvalue weighted by Crippen LogP contribution is -2.24. The van der Waals surface area contributed by atoms with Crippen LogP contribution >= 0.6 is 15.9 Å². The molecule has 17 heavy (non-hydrogen) atoms. The summed E-state index contributed by atoms with van der Waals surface area (Å²) < 4.78 is 0. The minimum atomic E-state index is 0.0338. The number of nitrogens with one attached hydrogen (secondary N) is 1. The number of amides is 1. The Morgan fingerprint density at radius 1 is 1.18 bits per heavy atom. The average molecular weight is 298 g/mol. The van der Waals surface area contributed by atoms with Gasteiger partial charge in [-0.05, 0) is 37.0 Å². The first kappa shape index (κ1) is 14.2. The minimum Gasteiger partial charge on any atom is -0.352 e. The zero-order valence-electron chi connectivity index (χ0n) is 10.3. The maximum absolute atomic E-state index is 11.8. The fourth-order valence-electron chi connectivity index (χ4n) is 1.59. The standard InChI is InChI=1S/C14H20BrNO/c1-2-12-6-8-13(9-7-12)14(17)16-11-5-3-4-10-15/h6-9H,2-5,10-11H2,1H3,(H,16,17). The molecule has 0 heterocycles. The molecule has 0 aliphatic heterocycles. The molecule has 0 atom stereocenters. The number of carbonyl (C=O) groups is 1. The summed E-state index contributed by atoms with van der Waals surface area (Å²) in [7, 11) is 0. The summed E-state index contributed by atoms with van der Waals surface area (Å²) in [4.78, 5) is 11.8. The Morgan fingerprint density at radius 2 is 1.88 bits per heavy atom. The first-order valence-corrected chi connectivity index (χ1v) is 7.33. The Bertz CT molecular complexity index is 335. The molecule has 94 valence electrons. The van der Waals surface area contributed by atoms with Gasteiger partial charge in [-0.2, -0.15) is 0 Å². The number of rotatable bonds is 7. The highest BCUT2D eigenvalue weighted by atomic mass is 79.9. The normalized spacial score (nSPS) is 10.2. The van der Waals surface area contributed by atoms with E-state index in [9.17, 15) is 4.79 Å². The summed E-state index contributed by atoms with van der Waals surface area (Å²) in [5.41, 5.74) is 2.02. The van der Waals surface area contributed by atoms with E-state index in [1.807, 2.05) is 24.3 Å². The summed E-state index contributed by atoms with van der Waals surface area (Å²) in [5, 5.41) is 3.98.